The van der Waals surface area contributed by atoms with Crippen molar-refractivity contribution in [3.8, 4) is 5.75 Å². The number of hydrogen-bond donors (Lipinski definition) is 9. The van der Waals surface area contributed by atoms with E-state index in [9.17, 15) is 33.6 Å². The van der Waals surface area contributed by atoms with Crippen LogP contribution in [0, 0.1) is 11.7 Å². The molecule has 3 aliphatic rings. The number of likely N-dealkylation sites (tertiary alicyclic amines) is 1. The SMILES string of the molecule is COC(=O)CCC(=O)CCc1ccc(CCNC(=O)[C@]2(C)CCCN2C(=O)[C@H](Cc2ccc(OC)cc2)NC(=O)[C@@H](NC(=O)[C@@H]2[C@@H]3CCN2C(=O)[C@H](Cc2c[nH]c4ccc(F)cc24)CC(=O)[C@@H](NC(=O)[C@@H](CNC(=O)OC(C)(C)C)NC(=O)[C@H](C)NC(=O)OCc2ccccc2)Cc2cccc(c2)CNC(=O)CO3)[C@@H](C)OC(C)(C)C)cc1. The molecule has 9 rings (SSSR count). The fraction of sp³-hybridized carbons (Fsp3) is 0.483. The number of ether oxygens (including phenoxy) is 6. The lowest BCUT2D eigenvalue weighted by Crippen LogP contribution is -2.64. The van der Waals surface area contributed by atoms with Crippen LogP contribution in [0.15, 0.2) is 128 Å². The monoisotopic (exact) mass is 1630 g/mol. The molecule has 118 heavy (non-hydrogen) atoms. The van der Waals surface area contributed by atoms with Crippen molar-refractivity contribution in [2.24, 2.45) is 5.92 Å². The average Bonchev–Trinajstić information content (AvgIpc) is 1.61. The fourth-order valence-corrected chi connectivity index (χ4v) is 14.6. The Balaban J connectivity index is 1.01. The van der Waals surface area contributed by atoms with Crippen LogP contribution in [0.4, 0.5) is 14.0 Å². The summed E-state index contributed by atoms with van der Waals surface area (Å²) in [7, 11) is 2.77. The Kier molecular flexibility index (Phi) is 31.8. The van der Waals surface area contributed by atoms with Gasteiger partial charge in [-0.25, -0.2) is 14.0 Å². The van der Waals surface area contributed by atoms with Gasteiger partial charge < -0.3 is 85.7 Å². The van der Waals surface area contributed by atoms with Gasteiger partial charge in [-0.2, -0.15) is 0 Å². The topological polar surface area (TPSA) is 396 Å². The Labute approximate surface area is 685 Å². The Morgan fingerprint density at radius 1 is 0.695 bits per heavy atom. The number of rotatable bonds is 31. The quantitative estimate of drug-likeness (QED) is 0.0161. The van der Waals surface area contributed by atoms with E-state index >= 15 is 33.2 Å². The Morgan fingerprint density at radius 3 is 2.08 bits per heavy atom. The van der Waals surface area contributed by atoms with Crippen LogP contribution in [0.3, 0.4) is 0 Å². The molecule has 2 saturated heterocycles. The van der Waals surface area contributed by atoms with Crippen LogP contribution in [0.1, 0.15) is 146 Å². The lowest BCUT2D eigenvalue weighted by atomic mass is 9.88. The number of esters is 1. The van der Waals surface area contributed by atoms with E-state index in [1.54, 1.807) is 140 Å². The van der Waals surface area contributed by atoms with Crippen molar-refractivity contribution in [2.75, 3.05) is 47.0 Å². The lowest BCUT2D eigenvalue weighted by Gasteiger charge is -2.37. The second-order valence-corrected chi connectivity index (χ2v) is 32.3. The molecule has 6 aromatic rings. The predicted octanol–water partition coefficient (Wildman–Crippen LogP) is 6.71. The molecular formula is C87H110FN11O19. The molecule has 9 N–H and O–H groups in total. The van der Waals surface area contributed by atoms with Gasteiger partial charge in [0, 0.05) is 74.9 Å². The lowest BCUT2D eigenvalue weighted by molar-refractivity contribution is -0.150. The number of aryl methyl sites for hydroxylation is 1. The van der Waals surface area contributed by atoms with Crippen LogP contribution < -0.4 is 47.3 Å². The maximum atomic E-state index is 16.2. The normalized spacial score (nSPS) is 19.2. The zero-order valence-corrected chi connectivity index (χ0v) is 68.8. The summed E-state index contributed by atoms with van der Waals surface area (Å²) < 4.78 is 49.0. The molecule has 3 aliphatic heterocycles. The number of aromatic nitrogens is 1. The molecule has 1 aromatic heterocycles. The molecule has 10 amide bonds. The minimum atomic E-state index is -1.68. The number of nitrogens with one attached hydrogen (secondary N) is 9. The summed E-state index contributed by atoms with van der Waals surface area (Å²) in [5, 5.41) is 22.3. The molecule has 634 valence electrons. The van der Waals surface area contributed by atoms with Crippen molar-refractivity contribution >= 4 is 87.9 Å². The summed E-state index contributed by atoms with van der Waals surface area (Å²) in [6, 6.07) is 24.6. The molecule has 30 nitrogen and oxygen atoms in total. The molecule has 0 spiro atoms. The van der Waals surface area contributed by atoms with Gasteiger partial charge in [0.15, 0.2) is 5.78 Å². The van der Waals surface area contributed by atoms with E-state index in [0.29, 0.717) is 63.7 Å². The van der Waals surface area contributed by atoms with Crippen molar-refractivity contribution in [2.45, 2.75) is 218 Å². The van der Waals surface area contributed by atoms with Gasteiger partial charge in [-0.05, 0) is 177 Å². The van der Waals surface area contributed by atoms with Crippen LogP contribution in [-0.2, 0) is 122 Å². The van der Waals surface area contributed by atoms with Gasteiger partial charge in [0.05, 0.1) is 51.0 Å². The number of halogens is 1. The van der Waals surface area contributed by atoms with E-state index < -0.39 is 168 Å². The maximum Gasteiger partial charge on any atom is 0.408 e. The summed E-state index contributed by atoms with van der Waals surface area (Å²) in [6.45, 7) is 13.2. The van der Waals surface area contributed by atoms with Crippen LogP contribution >= 0.6 is 0 Å². The number of fused-ring (bicyclic) bond motifs is 5. The molecule has 0 radical (unpaired) electrons. The average molecular weight is 1630 g/mol. The minimum Gasteiger partial charge on any atom is -0.497 e. The molecule has 4 bridgehead atoms. The van der Waals surface area contributed by atoms with Gasteiger partial charge in [0.2, 0.25) is 47.3 Å². The highest BCUT2D eigenvalue weighted by Crippen LogP contribution is 2.33. The number of alkyl carbamates (subject to hydrolysis) is 2. The van der Waals surface area contributed by atoms with E-state index in [1.807, 2.05) is 24.3 Å². The molecule has 0 aliphatic carbocycles. The van der Waals surface area contributed by atoms with E-state index in [1.165, 1.54) is 49.1 Å². The smallest absolute Gasteiger partial charge is 0.408 e. The number of benzene rings is 5. The van der Waals surface area contributed by atoms with Crippen molar-refractivity contribution in [3.63, 3.8) is 0 Å². The number of carbonyl (C=O) groups is 13. The highest BCUT2D eigenvalue weighted by Gasteiger charge is 2.50. The van der Waals surface area contributed by atoms with Crippen molar-refractivity contribution in [1.29, 1.82) is 0 Å². The minimum absolute atomic E-state index is 0.0164. The molecule has 0 unspecified atom stereocenters. The third-order valence-electron chi connectivity index (χ3n) is 20.8. The van der Waals surface area contributed by atoms with Gasteiger partial charge in [0.1, 0.15) is 71.9 Å². The number of amides is 10. The van der Waals surface area contributed by atoms with Gasteiger partial charge in [-0.1, -0.05) is 91.0 Å². The summed E-state index contributed by atoms with van der Waals surface area (Å²) in [6.07, 6.45) is -2.29. The first-order valence-electron chi connectivity index (χ1n) is 39.8. The molecule has 31 heteroatoms. The van der Waals surface area contributed by atoms with E-state index in [-0.39, 0.29) is 89.9 Å². The Morgan fingerprint density at radius 2 is 1.39 bits per heavy atom. The summed E-state index contributed by atoms with van der Waals surface area (Å²) in [5.74, 6) is -9.09. The van der Waals surface area contributed by atoms with E-state index in [4.69, 9.17) is 23.7 Å². The third kappa shape index (κ3) is 26.2. The van der Waals surface area contributed by atoms with Gasteiger partial charge in [-0.15, -0.1) is 0 Å². The number of ketones is 2. The summed E-state index contributed by atoms with van der Waals surface area (Å²) in [4.78, 5) is 193. The first kappa shape index (κ1) is 90.3. The van der Waals surface area contributed by atoms with Crippen molar-refractivity contribution in [3.05, 3.63) is 172 Å². The molecular weight excluding hydrogens is 1520 g/mol. The fourth-order valence-electron chi connectivity index (χ4n) is 14.6. The first-order chi connectivity index (χ1) is 56.0. The molecule has 4 heterocycles. The zero-order chi connectivity index (χ0) is 85.6. The second kappa shape index (κ2) is 41.5. The molecule has 10 atom stereocenters. The summed E-state index contributed by atoms with van der Waals surface area (Å²) in [5.41, 5.74) is 1.54. The van der Waals surface area contributed by atoms with Crippen LogP contribution in [0.5, 0.6) is 5.75 Å². The highest BCUT2D eigenvalue weighted by atomic mass is 19.1. The number of aromatic amines is 1. The van der Waals surface area contributed by atoms with Gasteiger partial charge in [-0.3, -0.25) is 52.7 Å². The zero-order valence-electron chi connectivity index (χ0n) is 68.8. The maximum absolute atomic E-state index is 16.2. The largest absolute Gasteiger partial charge is 0.497 e. The molecule has 2 fully saturated rings. The Bertz CT molecular complexity index is 4570. The van der Waals surface area contributed by atoms with Gasteiger partial charge in [0.25, 0.3) is 0 Å². The number of Topliss-reactive ketones (excluding diaryl/α,β-unsaturated/α-hetero) is 2. The first-order valence-corrected chi connectivity index (χ1v) is 39.8. The number of nitrogens with zero attached hydrogens (tertiary/aromatic N) is 2. The highest BCUT2D eigenvalue weighted by molar-refractivity contribution is 6.00. The number of hydrogen-bond acceptors (Lipinski definition) is 19. The van der Waals surface area contributed by atoms with Crippen LogP contribution in [0.2, 0.25) is 0 Å². The van der Waals surface area contributed by atoms with Crippen LogP contribution in [0.25, 0.3) is 10.9 Å². The van der Waals surface area contributed by atoms with E-state index in [2.05, 4.69) is 52.3 Å². The van der Waals surface area contributed by atoms with Crippen molar-refractivity contribution < 1.29 is 95.1 Å². The second-order valence-electron chi connectivity index (χ2n) is 32.3. The third-order valence-corrected chi connectivity index (χ3v) is 20.8. The predicted molar refractivity (Wildman–Crippen MR) is 432 cm³/mol. The molecule has 5 aromatic carbocycles. The number of methoxy groups -OCH3 is 2. The Hall–Kier alpha value is -11.6. The van der Waals surface area contributed by atoms with Gasteiger partial charge >= 0.3 is 18.2 Å². The van der Waals surface area contributed by atoms with Crippen LogP contribution in [-0.4, -0.2) is 204 Å². The van der Waals surface area contributed by atoms with Crippen molar-refractivity contribution in [1.82, 2.24) is 57.3 Å². The summed E-state index contributed by atoms with van der Waals surface area (Å²) >= 11 is 0. The number of carbonyl (C=O) groups excluding carboxylic acids is 13. The standard InChI is InChI=1S/C87H110FN11O19/c1-52(93-84(112)116-50-57-17-13-12-14-18-57)76(104)96-69(49-92-83(111)118-86(6,7)8)77(105)94-67-43-58-19-15-20-59(41-58)47-91-72(102)51-115-71-36-40-98(80(108)60(45-70(67)101)44-61-48-90-66-33-28-62(88)46-65(61)66)75(71)79(107)97-74(53(2)117-85(3,4)5)78(106)95-68(42-56-26-31-64(113-10)32-27-56)81(109)99-39-16-37-87(99,9)82(110)89-38-35-55-23-21-54(22-24-55)25-29-63(100)30-34-73(103)114-11/h12-15,17-24,26-28,31-33,41,46,48,52-53,60,67-69,71,74-75,90H,16,25,29-30,34-40,42-45,47,49-51H2,1-11H3,(H,89,110)(H,91,102)(H,92,111)(H,93,112)(H,94,105)(H,95,106)(H,96,104)(H,97,107)/t52-,53+,60+,67-,68-,69+,71-,74-,75-,87-/m0/s1. The molecule has 0 saturated carbocycles. The van der Waals surface area contributed by atoms with E-state index in [0.717, 1.165) is 11.1 Å². The number of H-pyrrole nitrogens is 1.